The van der Waals surface area contributed by atoms with Crippen LogP contribution in [0, 0.1) is 6.92 Å². The number of aryl methyl sites for hydroxylation is 1. The molecule has 1 aliphatic heterocycles. The largest absolute Gasteiger partial charge is 0.368 e. The summed E-state index contributed by atoms with van der Waals surface area (Å²) in [4.78, 5) is 22.3. The molecule has 4 heterocycles. The lowest BCUT2D eigenvalue weighted by molar-refractivity contribution is -0.124. The molecule has 0 radical (unpaired) electrons. The maximum absolute atomic E-state index is 12.2. The van der Waals surface area contributed by atoms with Gasteiger partial charge in [0.1, 0.15) is 16.8 Å². The second-order valence-electron chi connectivity index (χ2n) is 7.25. The van der Waals surface area contributed by atoms with Gasteiger partial charge in [0, 0.05) is 47.4 Å². The van der Waals surface area contributed by atoms with Gasteiger partial charge in [-0.2, -0.15) is 5.10 Å². The van der Waals surface area contributed by atoms with Gasteiger partial charge in [-0.1, -0.05) is 11.8 Å². The van der Waals surface area contributed by atoms with E-state index in [0.717, 1.165) is 39.8 Å². The number of aromatic amines is 1. The van der Waals surface area contributed by atoms with Crippen molar-refractivity contribution in [3.05, 3.63) is 54.5 Å². The molecular formula is C21H21N7O2S. The van der Waals surface area contributed by atoms with Crippen LogP contribution in [0.3, 0.4) is 0 Å². The number of benzene rings is 1. The van der Waals surface area contributed by atoms with E-state index >= 15 is 0 Å². The number of nitrogens with one attached hydrogen (secondary N) is 3. The number of rotatable bonds is 6. The zero-order valence-corrected chi connectivity index (χ0v) is 17.6. The molecule has 10 heteroatoms. The number of hydrogen-bond donors (Lipinski definition) is 3. The van der Waals surface area contributed by atoms with Crippen LogP contribution in [0.1, 0.15) is 18.5 Å². The van der Waals surface area contributed by atoms with Crippen LogP contribution < -0.4 is 10.6 Å². The third-order valence-corrected chi connectivity index (χ3v) is 5.80. The average Bonchev–Trinajstić information content (AvgIpc) is 3.51. The van der Waals surface area contributed by atoms with Crippen molar-refractivity contribution in [1.29, 1.82) is 0 Å². The second-order valence-corrected chi connectivity index (χ2v) is 8.35. The molecule has 1 unspecified atom stereocenters. The molecule has 0 saturated carbocycles. The van der Waals surface area contributed by atoms with Gasteiger partial charge in [0.25, 0.3) is 5.91 Å². The van der Waals surface area contributed by atoms with Gasteiger partial charge in [0.2, 0.25) is 5.95 Å². The number of imidazole rings is 1. The summed E-state index contributed by atoms with van der Waals surface area (Å²) in [5.41, 5.74) is 2.49. The lowest BCUT2D eigenvalue weighted by Gasteiger charge is -2.11. The first-order valence-electron chi connectivity index (χ1n) is 9.97. The maximum Gasteiger partial charge on any atom is 0.253 e. The van der Waals surface area contributed by atoms with Crippen LogP contribution in [-0.4, -0.2) is 43.2 Å². The van der Waals surface area contributed by atoms with E-state index in [2.05, 4.69) is 25.8 Å². The third-order valence-electron chi connectivity index (χ3n) is 4.88. The van der Waals surface area contributed by atoms with Gasteiger partial charge in [-0.3, -0.25) is 14.3 Å². The highest BCUT2D eigenvalue weighted by molar-refractivity contribution is 7.99. The Hall–Kier alpha value is -3.37. The predicted octanol–water partition coefficient (Wildman–Crippen LogP) is 3.77. The van der Waals surface area contributed by atoms with Gasteiger partial charge in [0.05, 0.1) is 0 Å². The average molecular weight is 436 g/mol. The van der Waals surface area contributed by atoms with Crippen LogP contribution >= 0.6 is 11.8 Å². The molecule has 1 aromatic carbocycles. The number of carbonyl (C=O) groups excluding carboxylic acids is 1. The first kappa shape index (κ1) is 19.6. The molecule has 9 nitrogen and oxygen atoms in total. The minimum absolute atomic E-state index is 0.0892. The third kappa shape index (κ3) is 4.39. The lowest BCUT2D eigenvalue weighted by atomic mass is 10.2. The van der Waals surface area contributed by atoms with Gasteiger partial charge in [-0.15, -0.1) is 0 Å². The van der Waals surface area contributed by atoms with Gasteiger partial charge in [-0.05, 0) is 44.0 Å². The van der Waals surface area contributed by atoms with E-state index in [1.165, 1.54) is 11.8 Å². The van der Waals surface area contributed by atoms with E-state index in [0.29, 0.717) is 18.4 Å². The predicted molar refractivity (Wildman–Crippen MR) is 118 cm³/mol. The topological polar surface area (TPSA) is 109 Å². The van der Waals surface area contributed by atoms with Gasteiger partial charge in [0.15, 0.2) is 5.82 Å². The van der Waals surface area contributed by atoms with Crippen molar-refractivity contribution in [3.63, 3.8) is 0 Å². The minimum Gasteiger partial charge on any atom is -0.368 e. The lowest BCUT2D eigenvalue weighted by Crippen LogP contribution is -2.26. The Morgan fingerprint density at radius 1 is 1.29 bits per heavy atom. The standard InChI is InChI=1S/C21H21N7O2S/c1-13-11-17(27-26-13)24-21-25-19(12-18-22-8-9-28(18)21)31-15-6-4-14(5-7-15)23-20(29)16-3-2-10-30-16/h4-9,11-12,16H,2-3,10H2,1H3,(H,23,29)(H2,24,25,26,27). The van der Waals surface area contributed by atoms with E-state index in [-0.39, 0.29) is 12.0 Å². The van der Waals surface area contributed by atoms with Crippen molar-refractivity contribution in [3.8, 4) is 0 Å². The van der Waals surface area contributed by atoms with E-state index in [9.17, 15) is 4.79 Å². The van der Waals surface area contributed by atoms with Crippen LogP contribution in [0.5, 0.6) is 0 Å². The summed E-state index contributed by atoms with van der Waals surface area (Å²) in [6.45, 7) is 2.59. The fourth-order valence-electron chi connectivity index (χ4n) is 3.37. The van der Waals surface area contributed by atoms with Crippen LogP contribution in [0.25, 0.3) is 5.65 Å². The summed E-state index contributed by atoms with van der Waals surface area (Å²) < 4.78 is 7.30. The molecule has 0 aliphatic carbocycles. The van der Waals surface area contributed by atoms with Crippen LogP contribution in [0.2, 0.25) is 0 Å². The maximum atomic E-state index is 12.2. The molecule has 0 bridgehead atoms. The Morgan fingerprint density at radius 3 is 2.90 bits per heavy atom. The number of amides is 1. The molecule has 4 aromatic rings. The first-order chi connectivity index (χ1) is 15.1. The van der Waals surface area contributed by atoms with Crippen molar-refractivity contribution in [2.45, 2.75) is 35.8 Å². The zero-order valence-electron chi connectivity index (χ0n) is 16.8. The van der Waals surface area contributed by atoms with Crippen molar-refractivity contribution in [2.24, 2.45) is 0 Å². The number of carbonyl (C=O) groups is 1. The SMILES string of the molecule is Cc1cc(Nc2nc(Sc3ccc(NC(=O)C4CCCO4)cc3)cc3nccn23)n[nH]1. The quantitative estimate of drug-likeness (QED) is 0.396. The number of fused-ring (bicyclic) bond motifs is 1. The number of hydrogen-bond acceptors (Lipinski definition) is 7. The molecular weight excluding hydrogens is 414 g/mol. The fourth-order valence-corrected chi connectivity index (χ4v) is 4.18. The smallest absolute Gasteiger partial charge is 0.253 e. The number of nitrogens with zero attached hydrogens (tertiary/aromatic N) is 4. The summed E-state index contributed by atoms with van der Waals surface area (Å²) in [7, 11) is 0. The molecule has 3 N–H and O–H groups in total. The first-order valence-corrected chi connectivity index (χ1v) is 10.8. The van der Waals surface area contributed by atoms with Crippen LogP contribution in [0.15, 0.2) is 58.7 Å². The molecule has 31 heavy (non-hydrogen) atoms. The van der Waals surface area contributed by atoms with E-state index < -0.39 is 0 Å². The Morgan fingerprint density at radius 2 is 2.16 bits per heavy atom. The fraction of sp³-hybridized carbons (Fsp3) is 0.238. The van der Waals surface area contributed by atoms with E-state index in [1.807, 2.05) is 53.9 Å². The normalized spacial score (nSPS) is 16.0. The molecule has 1 aliphatic rings. The molecule has 158 valence electrons. The second kappa shape index (κ2) is 8.40. The van der Waals surface area contributed by atoms with Crippen LogP contribution in [0.4, 0.5) is 17.5 Å². The summed E-state index contributed by atoms with van der Waals surface area (Å²) in [5, 5.41) is 14.1. The molecule has 1 amide bonds. The highest BCUT2D eigenvalue weighted by atomic mass is 32.2. The van der Waals surface area contributed by atoms with Crippen LogP contribution in [-0.2, 0) is 9.53 Å². The highest BCUT2D eigenvalue weighted by Crippen LogP contribution is 2.30. The van der Waals surface area contributed by atoms with Crippen molar-refractivity contribution >= 4 is 40.8 Å². The molecule has 3 aromatic heterocycles. The van der Waals surface area contributed by atoms with Crippen molar-refractivity contribution in [1.82, 2.24) is 24.6 Å². The summed E-state index contributed by atoms with van der Waals surface area (Å²) >= 11 is 1.52. The molecule has 1 saturated heterocycles. The summed E-state index contributed by atoms with van der Waals surface area (Å²) in [5.74, 6) is 1.23. The highest BCUT2D eigenvalue weighted by Gasteiger charge is 2.23. The Bertz CT molecular complexity index is 1210. The van der Waals surface area contributed by atoms with Gasteiger partial charge >= 0.3 is 0 Å². The van der Waals surface area contributed by atoms with Crippen molar-refractivity contribution in [2.75, 3.05) is 17.2 Å². The zero-order chi connectivity index (χ0) is 21.2. The molecule has 1 fully saturated rings. The van der Waals surface area contributed by atoms with Crippen molar-refractivity contribution < 1.29 is 9.53 Å². The number of H-pyrrole nitrogens is 1. The Labute approximate surface area is 182 Å². The minimum atomic E-state index is -0.344. The Kier molecular flexibility index (Phi) is 5.31. The van der Waals surface area contributed by atoms with Gasteiger partial charge in [-0.25, -0.2) is 9.97 Å². The number of aromatic nitrogens is 5. The monoisotopic (exact) mass is 435 g/mol. The number of anilines is 3. The molecule has 0 spiro atoms. The van der Waals surface area contributed by atoms with Gasteiger partial charge < -0.3 is 15.4 Å². The summed E-state index contributed by atoms with van der Waals surface area (Å²) in [6, 6.07) is 11.5. The van der Waals surface area contributed by atoms with E-state index in [1.54, 1.807) is 6.20 Å². The van der Waals surface area contributed by atoms with E-state index in [4.69, 9.17) is 9.72 Å². The number of ether oxygens (including phenoxy) is 1. The summed E-state index contributed by atoms with van der Waals surface area (Å²) in [6.07, 6.45) is 4.94. The molecule has 5 rings (SSSR count). The Balaban J connectivity index is 1.32. The molecule has 1 atom stereocenters.